The highest BCUT2D eigenvalue weighted by molar-refractivity contribution is 7.92. The van der Waals surface area contributed by atoms with E-state index in [1.165, 1.54) is 5.41 Å². The van der Waals surface area contributed by atoms with Crippen LogP contribution >= 0.6 is 11.6 Å². The SMILES string of the molecule is CC(C)N(C1CCCC1)S(=O)(=O)/C=C/c1ccc(Cl)cc1. The quantitative estimate of drug-likeness (QED) is 0.808. The summed E-state index contributed by atoms with van der Waals surface area (Å²) in [5.74, 6) is 0. The van der Waals surface area contributed by atoms with Crippen LogP contribution in [0.5, 0.6) is 0 Å². The summed E-state index contributed by atoms with van der Waals surface area (Å²) in [6.07, 6.45) is 5.79. The van der Waals surface area contributed by atoms with Gasteiger partial charge in [-0.15, -0.1) is 0 Å². The highest BCUT2D eigenvalue weighted by atomic mass is 35.5. The molecule has 2 rings (SSSR count). The third-order valence-corrected chi connectivity index (χ3v) is 5.83. The summed E-state index contributed by atoms with van der Waals surface area (Å²) < 4.78 is 26.9. The van der Waals surface area contributed by atoms with E-state index in [1.54, 1.807) is 22.5 Å². The molecule has 116 valence electrons. The third kappa shape index (κ3) is 4.31. The van der Waals surface area contributed by atoms with E-state index in [2.05, 4.69) is 0 Å². The van der Waals surface area contributed by atoms with Crippen LogP contribution in [0, 0.1) is 0 Å². The second-order valence-electron chi connectivity index (χ2n) is 5.76. The van der Waals surface area contributed by atoms with Gasteiger partial charge in [0.25, 0.3) is 0 Å². The van der Waals surface area contributed by atoms with Crippen LogP contribution in [-0.2, 0) is 10.0 Å². The molecule has 0 amide bonds. The van der Waals surface area contributed by atoms with Gasteiger partial charge in [-0.25, -0.2) is 8.42 Å². The Hall–Kier alpha value is -0.840. The second kappa shape index (κ2) is 6.95. The van der Waals surface area contributed by atoms with Gasteiger partial charge in [-0.05, 0) is 50.5 Å². The molecule has 0 saturated heterocycles. The molecule has 0 spiro atoms. The van der Waals surface area contributed by atoms with Crippen molar-refractivity contribution in [2.24, 2.45) is 0 Å². The van der Waals surface area contributed by atoms with Crippen LogP contribution in [0.15, 0.2) is 29.7 Å². The van der Waals surface area contributed by atoms with Gasteiger partial charge < -0.3 is 0 Å². The summed E-state index contributed by atoms with van der Waals surface area (Å²) in [6, 6.07) is 7.25. The molecule has 0 unspecified atom stereocenters. The monoisotopic (exact) mass is 327 g/mol. The van der Waals surface area contributed by atoms with E-state index < -0.39 is 10.0 Å². The van der Waals surface area contributed by atoms with E-state index in [0.717, 1.165) is 31.2 Å². The first-order valence-electron chi connectivity index (χ1n) is 7.37. The van der Waals surface area contributed by atoms with E-state index in [-0.39, 0.29) is 12.1 Å². The Bertz CT molecular complexity index is 587. The zero-order valence-corrected chi connectivity index (χ0v) is 14.1. The van der Waals surface area contributed by atoms with Crippen LogP contribution in [-0.4, -0.2) is 24.8 Å². The van der Waals surface area contributed by atoms with Gasteiger partial charge >= 0.3 is 0 Å². The van der Waals surface area contributed by atoms with Gasteiger partial charge in [0.15, 0.2) is 0 Å². The summed E-state index contributed by atoms with van der Waals surface area (Å²) in [5, 5.41) is 1.96. The maximum absolute atomic E-state index is 12.6. The molecule has 0 heterocycles. The first-order chi connectivity index (χ1) is 9.90. The molecule has 5 heteroatoms. The summed E-state index contributed by atoms with van der Waals surface area (Å²) in [5.41, 5.74) is 0.832. The van der Waals surface area contributed by atoms with Crippen LogP contribution in [0.4, 0.5) is 0 Å². The van der Waals surface area contributed by atoms with Crippen molar-refractivity contribution in [1.29, 1.82) is 0 Å². The van der Waals surface area contributed by atoms with Crippen molar-refractivity contribution in [1.82, 2.24) is 4.31 Å². The van der Waals surface area contributed by atoms with Crippen molar-refractivity contribution >= 4 is 27.7 Å². The minimum Gasteiger partial charge on any atom is -0.207 e. The van der Waals surface area contributed by atoms with Crippen LogP contribution in [0.2, 0.25) is 5.02 Å². The van der Waals surface area contributed by atoms with Crippen LogP contribution in [0.25, 0.3) is 6.08 Å². The first kappa shape index (κ1) is 16.5. The molecule has 0 aliphatic heterocycles. The summed E-state index contributed by atoms with van der Waals surface area (Å²) >= 11 is 5.83. The van der Waals surface area contributed by atoms with Gasteiger partial charge in [0.05, 0.1) is 0 Å². The smallest absolute Gasteiger partial charge is 0.207 e. The maximum atomic E-state index is 12.6. The summed E-state index contributed by atoms with van der Waals surface area (Å²) in [7, 11) is -3.39. The van der Waals surface area contributed by atoms with Crippen molar-refractivity contribution in [3.8, 4) is 0 Å². The van der Waals surface area contributed by atoms with Crippen LogP contribution in [0.3, 0.4) is 0 Å². The lowest BCUT2D eigenvalue weighted by Gasteiger charge is -2.30. The van der Waals surface area contributed by atoms with Crippen molar-refractivity contribution in [2.45, 2.75) is 51.6 Å². The lowest BCUT2D eigenvalue weighted by Crippen LogP contribution is -2.42. The molecule has 1 saturated carbocycles. The average Bonchev–Trinajstić information content (AvgIpc) is 2.91. The Morgan fingerprint density at radius 2 is 1.76 bits per heavy atom. The molecule has 1 aliphatic carbocycles. The van der Waals surface area contributed by atoms with Crippen molar-refractivity contribution < 1.29 is 8.42 Å². The zero-order valence-electron chi connectivity index (χ0n) is 12.5. The van der Waals surface area contributed by atoms with Crippen LogP contribution < -0.4 is 0 Å². The molecule has 0 radical (unpaired) electrons. The zero-order chi connectivity index (χ0) is 15.5. The predicted molar refractivity (Wildman–Crippen MR) is 88.6 cm³/mol. The van der Waals surface area contributed by atoms with Gasteiger partial charge in [0.2, 0.25) is 10.0 Å². The Labute approximate surface area is 132 Å². The van der Waals surface area contributed by atoms with Gasteiger partial charge in [-0.1, -0.05) is 36.6 Å². The fourth-order valence-corrected chi connectivity index (χ4v) is 4.70. The summed E-state index contributed by atoms with van der Waals surface area (Å²) in [6.45, 7) is 3.87. The molecular weight excluding hydrogens is 306 g/mol. The second-order valence-corrected chi connectivity index (χ2v) is 7.92. The number of benzene rings is 1. The molecule has 1 fully saturated rings. The standard InChI is InChI=1S/C16H22ClNO2S/c1-13(2)18(16-5-3-4-6-16)21(19,20)12-11-14-7-9-15(17)10-8-14/h7-13,16H,3-6H2,1-2H3/b12-11+. The van der Waals surface area contributed by atoms with Gasteiger partial charge in [0.1, 0.15) is 0 Å². The number of rotatable bonds is 5. The van der Waals surface area contributed by atoms with Crippen molar-refractivity contribution in [2.75, 3.05) is 0 Å². The predicted octanol–water partition coefficient (Wildman–Crippen LogP) is 4.29. The van der Waals surface area contributed by atoms with E-state index in [1.807, 2.05) is 26.0 Å². The molecule has 1 aliphatic rings. The fourth-order valence-electron chi connectivity index (χ4n) is 2.89. The molecule has 0 aromatic heterocycles. The lowest BCUT2D eigenvalue weighted by atomic mass is 10.2. The Morgan fingerprint density at radius 3 is 2.29 bits per heavy atom. The lowest BCUT2D eigenvalue weighted by molar-refractivity contribution is 0.279. The number of halogens is 1. The van der Waals surface area contributed by atoms with Crippen molar-refractivity contribution in [3.05, 3.63) is 40.3 Å². The summed E-state index contributed by atoms with van der Waals surface area (Å²) in [4.78, 5) is 0. The topological polar surface area (TPSA) is 37.4 Å². The normalized spacial score (nSPS) is 17.4. The Kier molecular flexibility index (Phi) is 5.47. The Morgan fingerprint density at radius 1 is 1.19 bits per heavy atom. The Balaban J connectivity index is 2.20. The molecule has 0 bridgehead atoms. The highest BCUT2D eigenvalue weighted by Crippen LogP contribution is 2.28. The van der Waals surface area contributed by atoms with Gasteiger partial charge in [0, 0.05) is 22.5 Å². The number of sulfonamides is 1. The van der Waals surface area contributed by atoms with E-state index in [0.29, 0.717) is 5.02 Å². The molecule has 21 heavy (non-hydrogen) atoms. The molecule has 1 aromatic rings. The molecule has 0 atom stereocenters. The maximum Gasteiger partial charge on any atom is 0.236 e. The highest BCUT2D eigenvalue weighted by Gasteiger charge is 2.32. The minimum atomic E-state index is -3.39. The molecular formula is C16H22ClNO2S. The molecule has 1 aromatic carbocycles. The number of nitrogens with zero attached hydrogens (tertiary/aromatic N) is 1. The average molecular weight is 328 g/mol. The largest absolute Gasteiger partial charge is 0.236 e. The minimum absolute atomic E-state index is 0.0204. The molecule has 0 N–H and O–H groups in total. The van der Waals surface area contributed by atoms with E-state index in [4.69, 9.17) is 11.6 Å². The van der Waals surface area contributed by atoms with Crippen molar-refractivity contribution in [3.63, 3.8) is 0 Å². The first-order valence-corrected chi connectivity index (χ1v) is 9.25. The fraction of sp³-hybridized carbons (Fsp3) is 0.500. The number of hydrogen-bond donors (Lipinski definition) is 0. The van der Waals surface area contributed by atoms with Crippen LogP contribution in [0.1, 0.15) is 45.1 Å². The molecule has 3 nitrogen and oxygen atoms in total. The van der Waals surface area contributed by atoms with Gasteiger partial charge in [-0.2, -0.15) is 4.31 Å². The van der Waals surface area contributed by atoms with E-state index in [9.17, 15) is 8.42 Å². The number of hydrogen-bond acceptors (Lipinski definition) is 2. The van der Waals surface area contributed by atoms with Gasteiger partial charge in [-0.3, -0.25) is 0 Å². The third-order valence-electron chi connectivity index (χ3n) is 3.79. The van der Waals surface area contributed by atoms with E-state index >= 15 is 0 Å².